The largest absolute Gasteiger partial charge is 0.475 e. The molecule has 0 amide bonds. The molecule has 1 unspecified atom stereocenters. The number of carboxylic acids is 1. The summed E-state index contributed by atoms with van der Waals surface area (Å²) < 4.78 is 6.30. The summed E-state index contributed by atoms with van der Waals surface area (Å²) in [6, 6.07) is 8.91. The summed E-state index contributed by atoms with van der Waals surface area (Å²) in [7, 11) is 0. The number of carbonyl (C=O) groups is 1. The predicted molar refractivity (Wildman–Crippen MR) is 76.6 cm³/mol. The monoisotopic (exact) mass is 323 g/mol. The molecule has 0 radical (unpaired) electrons. The maximum absolute atomic E-state index is 10.8. The van der Waals surface area contributed by atoms with Crippen LogP contribution in [-0.2, 0) is 0 Å². The molecule has 0 aliphatic heterocycles. The van der Waals surface area contributed by atoms with Crippen LogP contribution in [0.2, 0.25) is 0 Å². The van der Waals surface area contributed by atoms with Crippen LogP contribution in [0.3, 0.4) is 0 Å². The molecule has 0 saturated carbocycles. The van der Waals surface area contributed by atoms with Gasteiger partial charge in [0.2, 0.25) is 5.76 Å². The number of hydrogen-bond acceptors (Lipinski definition) is 3. The van der Waals surface area contributed by atoms with Crippen LogP contribution in [0.15, 0.2) is 39.2 Å². The first kappa shape index (κ1) is 13.7. The molecule has 0 saturated heterocycles. The Morgan fingerprint density at radius 1 is 1.37 bits per heavy atom. The molecule has 4 nitrogen and oxygen atoms in total. The fourth-order valence-corrected chi connectivity index (χ4v) is 2.13. The van der Waals surface area contributed by atoms with E-state index in [4.69, 9.17) is 9.52 Å². The van der Waals surface area contributed by atoms with Gasteiger partial charge in [0.1, 0.15) is 5.76 Å². The van der Waals surface area contributed by atoms with Crippen LogP contribution < -0.4 is 5.32 Å². The molecule has 2 rings (SSSR count). The average molecular weight is 324 g/mol. The summed E-state index contributed by atoms with van der Waals surface area (Å²) in [5.74, 6) is -0.511. The van der Waals surface area contributed by atoms with Gasteiger partial charge < -0.3 is 14.8 Å². The Kier molecular flexibility index (Phi) is 3.95. The highest BCUT2D eigenvalue weighted by Gasteiger charge is 2.14. The van der Waals surface area contributed by atoms with E-state index < -0.39 is 5.97 Å². The minimum absolute atomic E-state index is 0.0467. The molecule has 0 aliphatic carbocycles. The molecule has 0 spiro atoms. The zero-order valence-corrected chi connectivity index (χ0v) is 12.2. The maximum Gasteiger partial charge on any atom is 0.371 e. The fourth-order valence-electron chi connectivity index (χ4n) is 1.77. The standard InChI is InChI=1S/C14H14BrNO3/c1-8-10(15)4-3-5-11(8)16-9(2)12-6-7-13(19-12)14(17)18/h3-7,9,16H,1-2H3,(H,17,18). The van der Waals surface area contributed by atoms with Crippen LogP contribution in [0.4, 0.5) is 5.69 Å². The molecule has 1 heterocycles. The smallest absolute Gasteiger partial charge is 0.371 e. The average Bonchev–Trinajstić information content (AvgIpc) is 2.84. The lowest BCUT2D eigenvalue weighted by molar-refractivity contribution is 0.0660. The Morgan fingerprint density at radius 2 is 2.11 bits per heavy atom. The van der Waals surface area contributed by atoms with Crippen LogP contribution in [0.25, 0.3) is 0 Å². The molecule has 0 bridgehead atoms. The molecule has 19 heavy (non-hydrogen) atoms. The van der Waals surface area contributed by atoms with Gasteiger partial charge in [-0.25, -0.2) is 4.79 Å². The Bertz CT molecular complexity index is 606. The van der Waals surface area contributed by atoms with Gasteiger partial charge >= 0.3 is 5.97 Å². The van der Waals surface area contributed by atoms with Gasteiger partial charge in [-0.05, 0) is 43.7 Å². The molecule has 0 fully saturated rings. The van der Waals surface area contributed by atoms with E-state index in [0.29, 0.717) is 5.76 Å². The number of benzene rings is 1. The Labute approximate surface area is 119 Å². The number of nitrogens with one attached hydrogen (secondary N) is 1. The maximum atomic E-state index is 10.8. The van der Waals surface area contributed by atoms with Crippen molar-refractivity contribution in [3.05, 3.63) is 51.9 Å². The molecule has 0 aliphatic rings. The molecular weight excluding hydrogens is 310 g/mol. The van der Waals surface area contributed by atoms with E-state index in [1.807, 2.05) is 32.0 Å². The van der Waals surface area contributed by atoms with Crippen LogP contribution in [0, 0.1) is 6.92 Å². The summed E-state index contributed by atoms with van der Waals surface area (Å²) >= 11 is 3.47. The highest BCUT2D eigenvalue weighted by Crippen LogP contribution is 2.27. The van der Waals surface area contributed by atoms with E-state index in [-0.39, 0.29) is 11.8 Å². The molecule has 2 N–H and O–H groups in total. The van der Waals surface area contributed by atoms with Gasteiger partial charge in [-0.1, -0.05) is 22.0 Å². The predicted octanol–water partition coefficient (Wildman–Crippen LogP) is 4.22. The SMILES string of the molecule is Cc1c(Br)cccc1NC(C)c1ccc(C(=O)O)o1. The van der Waals surface area contributed by atoms with Gasteiger partial charge in [0, 0.05) is 10.2 Å². The lowest BCUT2D eigenvalue weighted by atomic mass is 10.1. The van der Waals surface area contributed by atoms with Gasteiger partial charge in [0.25, 0.3) is 0 Å². The van der Waals surface area contributed by atoms with Crippen LogP contribution >= 0.6 is 15.9 Å². The van der Waals surface area contributed by atoms with E-state index in [9.17, 15) is 4.79 Å². The van der Waals surface area contributed by atoms with E-state index >= 15 is 0 Å². The summed E-state index contributed by atoms with van der Waals surface area (Å²) in [5.41, 5.74) is 2.08. The highest BCUT2D eigenvalue weighted by molar-refractivity contribution is 9.10. The second-order valence-corrected chi connectivity index (χ2v) is 5.14. The van der Waals surface area contributed by atoms with Crippen molar-refractivity contribution in [2.75, 3.05) is 5.32 Å². The molecule has 1 atom stereocenters. The molecule has 1 aromatic heterocycles. The van der Waals surface area contributed by atoms with E-state index in [0.717, 1.165) is 15.7 Å². The molecule has 5 heteroatoms. The quantitative estimate of drug-likeness (QED) is 0.884. The number of carboxylic acid groups (broad SMARTS) is 1. The number of halogens is 1. The highest BCUT2D eigenvalue weighted by atomic mass is 79.9. The van der Waals surface area contributed by atoms with Crippen molar-refractivity contribution in [3.8, 4) is 0 Å². The molecule has 2 aromatic rings. The number of aromatic carboxylic acids is 1. The molecular formula is C14H14BrNO3. The Hall–Kier alpha value is -1.75. The first-order valence-electron chi connectivity index (χ1n) is 5.83. The van der Waals surface area contributed by atoms with E-state index in [1.54, 1.807) is 6.07 Å². The first-order chi connectivity index (χ1) is 8.99. The Morgan fingerprint density at radius 3 is 2.74 bits per heavy atom. The van der Waals surface area contributed by atoms with Crippen molar-refractivity contribution in [3.63, 3.8) is 0 Å². The third-order valence-electron chi connectivity index (χ3n) is 2.90. The van der Waals surface area contributed by atoms with Crippen molar-refractivity contribution < 1.29 is 14.3 Å². The van der Waals surface area contributed by atoms with Crippen molar-refractivity contribution in [2.24, 2.45) is 0 Å². The number of rotatable bonds is 4. The molecule has 1 aromatic carbocycles. The van der Waals surface area contributed by atoms with Gasteiger partial charge in [-0.2, -0.15) is 0 Å². The van der Waals surface area contributed by atoms with Gasteiger partial charge in [0.05, 0.1) is 6.04 Å². The van der Waals surface area contributed by atoms with Crippen LogP contribution in [0.5, 0.6) is 0 Å². The second kappa shape index (κ2) is 5.48. The lowest BCUT2D eigenvalue weighted by Crippen LogP contribution is -2.07. The topological polar surface area (TPSA) is 62.5 Å². The minimum Gasteiger partial charge on any atom is -0.475 e. The number of hydrogen-bond donors (Lipinski definition) is 2. The van der Waals surface area contributed by atoms with Crippen molar-refractivity contribution in [2.45, 2.75) is 19.9 Å². The third-order valence-corrected chi connectivity index (χ3v) is 3.76. The summed E-state index contributed by atoms with van der Waals surface area (Å²) in [6.45, 7) is 3.93. The fraction of sp³-hybridized carbons (Fsp3) is 0.214. The van der Waals surface area contributed by atoms with Crippen molar-refractivity contribution in [1.29, 1.82) is 0 Å². The van der Waals surface area contributed by atoms with E-state index in [1.165, 1.54) is 6.07 Å². The van der Waals surface area contributed by atoms with Gasteiger partial charge in [-0.15, -0.1) is 0 Å². The van der Waals surface area contributed by atoms with Crippen molar-refractivity contribution >= 4 is 27.6 Å². The number of anilines is 1. The lowest BCUT2D eigenvalue weighted by Gasteiger charge is -2.15. The normalized spacial score (nSPS) is 12.2. The third kappa shape index (κ3) is 2.98. The Balaban J connectivity index is 2.18. The summed E-state index contributed by atoms with van der Waals surface area (Å²) in [4.78, 5) is 10.8. The molecule has 100 valence electrons. The summed E-state index contributed by atoms with van der Waals surface area (Å²) in [5, 5.41) is 12.1. The van der Waals surface area contributed by atoms with Crippen molar-refractivity contribution in [1.82, 2.24) is 0 Å². The zero-order valence-electron chi connectivity index (χ0n) is 10.6. The zero-order chi connectivity index (χ0) is 14.0. The van der Waals surface area contributed by atoms with Crippen LogP contribution in [0.1, 0.15) is 34.8 Å². The number of furan rings is 1. The first-order valence-corrected chi connectivity index (χ1v) is 6.63. The second-order valence-electron chi connectivity index (χ2n) is 4.29. The minimum atomic E-state index is -1.06. The van der Waals surface area contributed by atoms with Crippen LogP contribution in [-0.4, -0.2) is 11.1 Å². The summed E-state index contributed by atoms with van der Waals surface area (Å²) in [6.07, 6.45) is 0. The van der Waals surface area contributed by atoms with E-state index in [2.05, 4.69) is 21.2 Å². The van der Waals surface area contributed by atoms with Gasteiger partial charge in [0.15, 0.2) is 0 Å². The van der Waals surface area contributed by atoms with Gasteiger partial charge in [-0.3, -0.25) is 0 Å².